The van der Waals surface area contributed by atoms with Gasteiger partial charge < -0.3 is 4.74 Å². The average Bonchev–Trinajstić information content (AvgIpc) is 2.42. The lowest BCUT2D eigenvalue weighted by Gasteiger charge is -2.18. The van der Waals surface area contributed by atoms with Gasteiger partial charge in [-0.15, -0.1) is 11.6 Å². The zero-order chi connectivity index (χ0) is 14.9. The van der Waals surface area contributed by atoms with Crippen molar-refractivity contribution in [3.05, 3.63) is 62.1 Å². The summed E-state index contributed by atoms with van der Waals surface area (Å²) in [4.78, 5) is 0. The summed E-state index contributed by atoms with van der Waals surface area (Å²) in [6.45, 7) is 4.00. The van der Waals surface area contributed by atoms with Crippen molar-refractivity contribution >= 4 is 39.1 Å². The normalized spacial score (nSPS) is 12.3. The quantitative estimate of drug-likeness (QED) is 0.594. The lowest BCUT2D eigenvalue weighted by molar-refractivity contribution is 0.410. The summed E-state index contributed by atoms with van der Waals surface area (Å²) >= 11 is 16.2. The molecule has 0 bridgehead atoms. The van der Waals surface area contributed by atoms with Gasteiger partial charge in [0.05, 0.1) is 12.5 Å². The standard InChI is InChI=1S/C16H15BrCl2O/c1-9-7-14(18)10(2)6-13(9)16(19)12-5-4-11(17)8-15(12)20-3/h4-8,16H,1-3H3. The lowest BCUT2D eigenvalue weighted by Crippen LogP contribution is -2.00. The van der Waals surface area contributed by atoms with Crippen molar-refractivity contribution in [3.8, 4) is 5.75 Å². The predicted octanol–water partition coefficient (Wildman–Crippen LogP) is 6.06. The molecule has 2 rings (SSSR count). The lowest BCUT2D eigenvalue weighted by atomic mass is 9.97. The van der Waals surface area contributed by atoms with Crippen LogP contribution < -0.4 is 4.74 Å². The van der Waals surface area contributed by atoms with Crippen LogP contribution in [0.1, 0.15) is 27.6 Å². The van der Waals surface area contributed by atoms with Crippen LogP contribution in [0.2, 0.25) is 5.02 Å². The highest BCUT2D eigenvalue weighted by molar-refractivity contribution is 9.10. The van der Waals surface area contributed by atoms with Crippen molar-refractivity contribution < 1.29 is 4.74 Å². The SMILES string of the molecule is COc1cc(Br)ccc1C(Cl)c1cc(C)c(Cl)cc1C. The van der Waals surface area contributed by atoms with Crippen molar-refractivity contribution in [2.75, 3.05) is 7.11 Å². The third kappa shape index (κ3) is 3.13. The van der Waals surface area contributed by atoms with Crippen LogP contribution in [-0.4, -0.2) is 7.11 Å². The Hall–Kier alpha value is -0.700. The van der Waals surface area contributed by atoms with Gasteiger partial charge in [-0.25, -0.2) is 0 Å². The first-order valence-electron chi connectivity index (χ1n) is 6.18. The average molecular weight is 374 g/mol. The molecule has 0 amide bonds. The first-order chi connectivity index (χ1) is 9.43. The maximum absolute atomic E-state index is 6.66. The molecule has 0 radical (unpaired) electrons. The zero-order valence-electron chi connectivity index (χ0n) is 11.5. The molecule has 0 aliphatic carbocycles. The minimum Gasteiger partial charge on any atom is -0.496 e. The van der Waals surface area contributed by atoms with Gasteiger partial charge in [0, 0.05) is 15.1 Å². The molecule has 2 aromatic rings. The maximum Gasteiger partial charge on any atom is 0.125 e. The van der Waals surface area contributed by atoms with Gasteiger partial charge in [0.1, 0.15) is 5.75 Å². The van der Waals surface area contributed by atoms with Gasteiger partial charge in [-0.2, -0.15) is 0 Å². The van der Waals surface area contributed by atoms with Gasteiger partial charge in [0.25, 0.3) is 0 Å². The smallest absolute Gasteiger partial charge is 0.125 e. The number of ether oxygens (including phenoxy) is 1. The highest BCUT2D eigenvalue weighted by Crippen LogP contribution is 2.39. The fourth-order valence-corrected chi connectivity index (χ4v) is 3.11. The molecule has 0 aliphatic heterocycles. The molecule has 0 saturated heterocycles. The van der Waals surface area contributed by atoms with Gasteiger partial charge in [-0.1, -0.05) is 39.7 Å². The molecule has 0 fully saturated rings. The molecule has 0 aliphatic rings. The Morgan fingerprint density at radius 2 is 1.75 bits per heavy atom. The van der Waals surface area contributed by atoms with Crippen LogP contribution in [0.25, 0.3) is 0 Å². The number of benzene rings is 2. The number of hydrogen-bond acceptors (Lipinski definition) is 1. The number of methoxy groups -OCH3 is 1. The van der Waals surface area contributed by atoms with Crippen LogP contribution in [0.4, 0.5) is 0 Å². The summed E-state index contributed by atoms with van der Waals surface area (Å²) in [6, 6.07) is 9.85. The molecule has 0 aromatic heterocycles. The summed E-state index contributed by atoms with van der Waals surface area (Å²) in [5.41, 5.74) is 4.09. The largest absolute Gasteiger partial charge is 0.496 e. The van der Waals surface area contributed by atoms with Gasteiger partial charge in [0.15, 0.2) is 0 Å². The third-order valence-electron chi connectivity index (χ3n) is 3.29. The number of alkyl halides is 1. The van der Waals surface area contributed by atoms with Gasteiger partial charge in [-0.3, -0.25) is 0 Å². The van der Waals surface area contributed by atoms with Crippen molar-refractivity contribution in [1.82, 2.24) is 0 Å². The monoisotopic (exact) mass is 372 g/mol. The van der Waals surface area contributed by atoms with Crippen molar-refractivity contribution in [2.45, 2.75) is 19.2 Å². The molecule has 0 N–H and O–H groups in total. The van der Waals surface area contributed by atoms with E-state index in [2.05, 4.69) is 15.9 Å². The van der Waals surface area contributed by atoms with E-state index in [-0.39, 0.29) is 5.38 Å². The third-order valence-corrected chi connectivity index (χ3v) is 4.66. The molecule has 2 aromatic carbocycles. The number of rotatable bonds is 3. The van der Waals surface area contributed by atoms with Crippen LogP contribution in [0.3, 0.4) is 0 Å². The first-order valence-corrected chi connectivity index (χ1v) is 7.79. The second kappa shape index (κ2) is 6.38. The van der Waals surface area contributed by atoms with Crippen LogP contribution in [-0.2, 0) is 0 Å². The summed E-state index contributed by atoms with van der Waals surface area (Å²) in [5.74, 6) is 0.770. The molecular formula is C16H15BrCl2O. The van der Waals surface area contributed by atoms with E-state index in [0.717, 1.165) is 37.5 Å². The fourth-order valence-electron chi connectivity index (χ4n) is 2.14. The molecule has 0 saturated carbocycles. The minimum atomic E-state index is -0.269. The van der Waals surface area contributed by atoms with Crippen molar-refractivity contribution in [1.29, 1.82) is 0 Å². The van der Waals surface area contributed by atoms with Crippen molar-refractivity contribution in [3.63, 3.8) is 0 Å². The second-order valence-corrected chi connectivity index (χ2v) is 6.47. The van der Waals surface area contributed by atoms with Crippen LogP contribution in [0.5, 0.6) is 5.75 Å². The highest BCUT2D eigenvalue weighted by atomic mass is 79.9. The second-order valence-electron chi connectivity index (χ2n) is 4.71. The maximum atomic E-state index is 6.66. The summed E-state index contributed by atoms with van der Waals surface area (Å²) < 4.78 is 6.39. The molecule has 106 valence electrons. The van der Waals surface area contributed by atoms with Gasteiger partial charge in [-0.05, 0) is 48.7 Å². The van der Waals surface area contributed by atoms with E-state index in [1.165, 1.54) is 0 Å². The molecule has 0 heterocycles. The number of aryl methyl sites for hydroxylation is 2. The molecule has 1 nitrogen and oxygen atoms in total. The van der Waals surface area contributed by atoms with Gasteiger partial charge >= 0.3 is 0 Å². The summed E-state index contributed by atoms with van der Waals surface area (Å²) in [6.07, 6.45) is 0. The Morgan fingerprint density at radius 3 is 2.40 bits per heavy atom. The Kier molecular flexibility index (Phi) is 5.00. The zero-order valence-corrected chi connectivity index (χ0v) is 14.6. The van der Waals surface area contributed by atoms with E-state index >= 15 is 0 Å². The Balaban J connectivity index is 2.51. The topological polar surface area (TPSA) is 9.23 Å². The predicted molar refractivity (Wildman–Crippen MR) is 89.3 cm³/mol. The molecule has 1 atom stereocenters. The molecular weight excluding hydrogens is 359 g/mol. The van der Waals surface area contributed by atoms with E-state index in [9.17, 15) is 0 Å². The van der Waals surface area contributed by atoms with Crippen LogP contribution >= 0.6 is 39.1 Å². The van der Waals surface area contributed by atoms with E-state index in [1.807, 2.05) is 44.2 Å². The van der Waals surface area contributed by atoms with E-state index in [1.54, 1.807) is 7.11 Å². The molecule has 0 spiro atoms. The Labute approximate surface area is 138 Å². The molecule has 1 unspecified atom stereocenters. The number of halogens is 3. The minimum absolute atomic E-state index is 0.269. The van der Waals surface area contributed by atoms with Crippen LogP contribution in [0.15, 0.2) is 34.8 Å². The first kappa shape index (κ1) is 15.7. The number of hydrogen-bond donors (Lipinski definition) is 0. The fraction of sp³-hybridized carbons (Fsp3) is 0.250. The highest BCUT2D eigenvalue weighted by Gasteiger charge is 2.18. The summed E-state index contributed by atoms with van der Waals surface area (Å²) in [7, 11) is 1.65. The summed E-state index contributed by atoms with van der Waals surface area (Å²) in [5, 5.41) is 0.493. The van der Waals surface area contributed by atoms with E-state index < -0.39 is 0 Å². The van der Waals surface area contributed by atoms with Gasteiger partial charge in [0.2, 0.25) is 0 Å². The van der Waals surface area contributed by atoms with E-state index in [0.29, 0.717) is 0 Å². The van der Waals surface area contributed by atoms with Crippen LogP contribution in [0, 0.1) is 13.8 Å². The van der Waals surface area contributed by atoms with E-state index in [4.69, 9.17) is 27.9 Å². The Bertz CT molecular complexity index is 641. The molecule has 4 heteroatoms. The molecule has 20 heavy (non-hydrogen) atoms. The van der Waals surface area contributed by atoms with Crippen molar-refractivity contribution in [2.24, 2.45) is 0 Å². The Morgan fingerprint density at radius 1 is 1.05 bits per heavy atom.